The van der Waals surface area contributed by atoms with Gasteiger partial charge in [-0.25, -0.2) is 4.79 Å². The predicted octanol–water partition coefficient (Wildman–Crippen LogP) is 7.09. The fraction of sp³-hybridized carbons (Fsp3) is 0.346. The highest BCUT2D eigenvalue weighted by atomic mass is 19.4. The van der Waals surface area contributed by atoms with Crippen LogP contribution in [0.15, 0.2) is 66.9 Å². The summed E-state index contributed by atoms with van der Waals surface area (Å²) in [7, 11) is 0. The summed E-state index contributed by atoms with van der Waals surface area (Å²) >= 11 is 0. The number of halogens is 3. The van der Waals surface area contributed by atoms with Crippen molar-refractivity contribution >= 4 is 11.7 Å². The van der Waals surface area contributed by atoms with Crippen molar-refractivity contribution in [1.29, 1.82) is 0 Å². The first-order valence-corrected chi connectivity index (χ1v) is 11.2. The lowest BCUT2D eigenvalue weighted by molar-refractivity contribution is -0.137. The van der Waals surface area contributed by atoms with Crippen LogP contribution in [0, 0.1) is 6.92 Å². The first-order valence-electron chi connectivity index (χ1n) is 11.2. The molecule has 7 heteroatoms. The molecule has 3 rings (SSSR count). The fourth-order valence-electron chi connectivity index (χ4n) is 3.63. The van der Waals surface area contributed by atoms with Crippen LogP contribution in [0.2, 0.25) is 0 Å². The van der Waals surface area contributed by atoms with E-state index in [0.717, 1.165) is 42.3 Å². The maximum absolute atomic E-state index is 13.1. The highest BCUT2D eigenvalue weighted by Crippen LogP contribution is 2.29. The molecule has 0 radical (unpaired) electrons. The van der Waals surface area contributed by atoms with Crippen LogP contribution >= 0.6 is 0 Å². The van der Waals surface area contributed by atoms with Gasteiger partial charge < -0.3 is 14.8 Å². The van der Waals surface area contributed by atoms with E-state index in [-0.39, 0.29) is 6.03 Å². The van der Waals surface area contributed by atoms with Gasteiger partial charge in [-0.15, -0.1) is 0 Å². The highest BCUT2D eigenvalue weighted by molar-refractivity contribution is 5.89. The van der Waals surface area contributed by atoms with Gasteiger partial charge in [-0.2, -0.15) is 13.2 Å². The number of amides is 2. The summed E-state index contributed by atoms with van der Waals surface area (Å²) in [5.74, 6) is 0. The standard InChI is InChI=1S/C26H30F3N3O/c1-3-4-5-15-32(25(33)30-23-13-11-20(2)12-14-23)19-24-10-7-16-31(24)18-21-8-6-9-22(17-21)26(27,28)29/h6-14,16-17H,3-5,15,18-19H2,1-2H3,(H,30,33). The first kappa shape index (κ1) is 24.4. The zero-order valence-corrected chi connectivity index (χ0v) is 19.0. The van der Waals surface area contributed by atoms with Crippen LogP contribution in [0.25, 0.3) is 0 Å². The van der Waals surface area contributed by atoms with Crippen LogP contribution in [0.1, 0.15) is 48.6 Å². The van der Waals surface area contributed by atoms with Crippen molar-refractivity contribution in [3.63, 3.8) is 0 Å². The Morgan fingerprint density at radius 1 is 1.03 bits per heavy atom. The molecule has 1 heterocycles. The Morgan fingerprint density at radius 2 is 1.79 bits per heavy atom. The molecular formula is C26H30F3N3O. The zero-order chi connectivity index (χ0) is 23.8. The van der Waals surface area contributed by atoms with Crippen LogP contribution in [0.5, 0.6) is 0 Å². The van der Waals surface area contributed by atoms with E-state index in [2.05, 4.69) is 12.2 Å². The van der Waals surface area contributed by atoms with Gasteiger partial charge in [0, 0.05) is 30.7 Å². The van der Waals surface area contributed by atoms with Crippen molar-refractivity contribution in [2.45, 2.75) is 52.4 Å². The van der Waals surface area contributed by atoms with Crippen molar-refractivity contribution in [2.75, 3.05) is 11.9 Å². The minimum atomic E-state index is -4.38. The van der Waals surface area contributed by atoms with E-state index in [1.165, 1.54) is 12.1 Å². The molecule has 1 aromatic heterocycles. The Bertz CT molecular complexity index is 1040. The minimum Gasteiger partial charge on any atom is -0.345 e. The van der Waals surface area contributed by atoms with Gasteiger partial charge in [-0.05, 0) is 55.3 Å². The number of hydrogen-bond donors (Lipinski definition) is 1. The number of urea groups is 1. The van der Waals surface area contributed by atoms with Crippen LogP contribution in [-0.2, 0) is 19.3 Å². The molecule has 2 amide bonds. The fourth-order valence-corrected chi connectivity index (χ4v) is 3.63. The number of hydrogen-bond acceptors (Lipinski definition) is 1. The van der Waals surface area contributed by atoms with Gasteiger partial charge >= 0.3 is 12.2 Å². The van der Waals surface area contributed by atoms with E-state index >= 15 is 0 Å². The third-order valence-electron chi connectivity index (χ3n) is 5.51. The second-order valence-electron chi connectivity index (χ2n) is 8.25. The van der Waals surface area contributed by atoms with Crippen molar-refractivity contribution < 1.29 is 18.0 Å². The van der Waals surface area contributed by atoms with Gasteiger partial charge in [0.2, 0.25) is 0 Å². The first-order chi connectivity index (χ1) is 15.8. The molecule has 1 N–H and O–H groups in total. The van der Waals surface area contributed by atoms with E-state index in [1.54, 1.807) is 11.0 Å². The number of alkyl halides is 3. The van der Waals surface area contributed by atoms with Crippen molar-refractivity contribution in [2.24, 2.45) is 0 Å². The van der Waals surface area contributed by atoms with Crippen molar-refractivity contribution in [3.8, 4) is 0 Å². The molecule has 33 heavy (non-hydrogen) atoms. The van der Waals surface area contributed by atoms with Crippen LogP contribution in [0.3, 0.4) is 0 Å². The Morgan fingerprint density at radius 3 is 2.48 bits per heavy atom. The topological polar surface area (TPSA) is 37.3 Å². The molecule has 0 aliphatic rings. The molecule has 0 unspecified atom stereocenters. The third kappa shape index (κ3) is 7.14. The zero-order valence-electron chi connectivity index (χ0n) is 19.0. The molecule has 0 aliphatic carbocycles. The SMILES string of the molecule is CCCCCN(Cc1cccn1Cc1cccc(C(F)(F)F)c1)C(=O)Nc1ccc(C)cc1. The lowest BCUT2D eigenvalue weighted by atomic mass is 10.1. The van der Waals surface area contributed by atoms with Crippen LogP contribution in [-0.4, -0.2) is 22.0 Å². The van der Waals surface area contributed by atoms with Gasteiger partial charge in [0.15, 0.2) is 0 Å². The molecule has 0 spiro atoms. The molecule has 3 aromatic rings. The van der Waals surface area contributed by atoms with E-state index in [4.69, 9.17) is 0 Å². The quantitative estimate of drug-likeness (QED) is 0.342. The van der Waals surface area contributed by atoms with E-state index in [1.807, 2.05) is 54.1 Å². The average molecular weight is 458 g/mol. The van der Waals surface area contributed by atoms with Crippen LogP contribution < -0.4 is 5.32 Å². The lowest BCUT2D eigenvalue weighted by Gasteiger charge is -2.24. The maximum atomic E-state index is 13.1. The number of unbranched alkanes of at least 4 members (excludes halogenated alkanes) is 2. The van der Waals surface area contributed by atoms with Gasteiger partial charge in [-0.3, -0.25) is 0 Å². The van der Waals surface area contributed by atoms with E-state index in [0.29, 0.717) is 25.2 Å². The molecule has 4 nitrogen and oxygen atoms in total. The molecule has 0 fully saturated rings. The summed E-state index contributed by atoms with van der Waals surface area (Å²) in [6.07, 6.45) is 0.391. The molecule has 2 aromatic carbocycles. The molecular weight excluding hydrogens is 427 g/mol. The smallest absolute Gasteiger partial charge is 0.345 e. The Hall–Kier alpha value is -3.22. The predicted molar refractivity (Wildman–Crippen MR) is 125 cm³/mol. The number of nitrogens with one attached hydrogen (secondary N) is 1. The molecule has 176 valence electrons. The summed E-state index contributed by atoms with van der Waals surface area (Å²) < 4.78 is 41.1. The number of carbonyl (C=O) groups excluding carboxylic acids is 1. The normalized spacial score (nSPS) is 11.4. The number of aryl methyl sites for hydroxylation is 1. The molecule has 0 saturated heterocycles. The minimum absolute atomic E-state index is 0.193. The van der Waals surface area contributed by atoms with Gasteiger partial charge in [0.05, 0.1) is 12.1 Å². The summed E-state index contributed by atoms with van der Waals surface area (Å²) in [6.45, 7) is 5.36. The van der Waals surface area contributed by atoms with Crippen molar-refractivity contribution in [1.82, 2.24) is 9.47 Å². The van der Waals surface area contributed by atoms with E-state index < -0.39 is 11.7 Å². The Kier molecular flexibility index (Phi) is 8.20. The number of carbonyl (C=O) groups is 1. The number of aromatic nitrogens is 1. The van der Waals surface area contributed by atoms with Gasteiger partial charge in [0.1, 0.15) is 0 Å². The largest absolute Gasteiger partial charge is 0.416 e. The average Bonchev–Trinajstić information content (AvgIpc) is 3.21. The monoisotopic (exact) mass is 457 g/mol. The second kappa shape index (κ2) is 11.1. The number of rotatable bonds is 9. The number of nitrogens with zero attached hydrogens (tertiary/aromatic N) is 2. The highest BCUT2D eigenvalue weighted by Gasteiger charge is 2.30. The molecule has 0 atom stereocenters. The van der Waals surface area contributed by atoms with Gasteiger partial charge in [-0.1, -0.05) is 49.6 Å². The third-order valence-corrected chi connectivity index (χ3v) is 5.51. The summed E-state index contributed by atoms with van der Waals surface area (Å²) in [4.78, 5) is 14.8. The van der Waals surface area contributed by atoms with Crippen molar-refractivity contribution in [3.05, 3.63) is 89.2 Å². The summed E-state index contributed by atoms with van der Waals surface area (Å²) in [5.41, 5.74) is 2.60. The summed E-state index contributed by atoms with van der Waals surface area (Å²) in [6, 6.07) is 16.5. The lowest BCUT2D eigenvalue weighted by Crippen LogP contribution is -2.36. The maximum Gasteiger partial charge on any atom is 0.416 e. The summed E-state index contributed by atoms with van der Waals surface area (Å²) in [5, 5.41) is 2.95. The molecule has 0 bridgehead atoms. The Labute approximate surface area is 193 Å². The molecule has 0 saturated carbocycles. The second-order valence-corrected chi connectivity index (χ2v) is 8.25. The number of benzene rings is 2. The van der Waals surface area contributed by atoms with Crippen LogP contribution in [0.4, 0.5) is 23.7 Å². The molecule has 0 aliphatic heterocycles. The number of anilines is 1. The Balaban J connectivity index is 1.74. The van der Waals surface area contributed by atoms with Gasteiger partial charge in [0.25, 0.3) is 0 Å². The van der Waals surface area contributed by atoms with E-state index in [9.17, 15) is 18.0 Å².